The fraction of sp³-hybridized carbons (Fsp3) is 0.304. The molecule has 0 saturated carbocycles. The molecule has 0 radical (unpaired) electrons. The minimum absolute atomic E-state index is 0.0147. The quantitative estimate of drug-likeness (QED) is 0.256. The maximum atomic E-state index is 13.2. The SMILES string of the molecule is COc1ccccc1N(Cc1ccc(-c2cncnc2)s1)C(=O)CCCCCC(=O)NO. The number of para-hydroxylation sites is 2. The summed E-state index contributed by atoms with van der Waals surface area (Å²) in [7, 11) is 1.59. The number of anilines is 1. The molecule has 9 heteroatoms. The highest BCUT2D eigenvalue weighted by Gasteiger charge is 2.20. The van der Waals surface area contributed by atoms with Gasteiger partial charge in [0.05, 0.1) is 19.3 Å². The zero-order chi connectivity index (χ0) is 22.8. The molecule has 3 aromatic rings. The number of rotatable bonds is 11. The molecule has 0 atom stereocenters. The van der Waals surface area contributed by atoms with Gasteiger partial charge in [0.2, 0.25) is 11.8 Å². The number of carbonyl (C=O) groups is 2. The molecule has 3 rings (SSSR count). The van der Waals surface area contributed by atoms with Crippen molar-refractivity contribution in [3.8, 4) is 16.2 Å². The number of hydrogen-bond donors (Lipinski definition) is 2. The van der Waals surface area contributed by atoms with E-state index in [4.69, 9.17) is 9.94 Å². The van der Waals surface area contributed by atoms with E-state index in [-0.39, 0.29) is 12.3 Å². The van der Waals surface area contributed by atoms with Crippen LogP contribution in [0.25, 0.3) is 10.4 Å². The molecule has 2 heterocycles. The second-order valence-electron chi connectivity index (χ2n) is 7.14. The molecular weight excluding hydrogens is 428 g/mol. The maximum Gasteiger partial charge on any atom is 0.243 e. The summed E-state index contributed by atoms with van der Waals surface area (Å²) in [6, 6.07) is 11.5. The van der Waals surface area contributed by atoms with Gasteiger partial charge in [0.25, 0.3) is 0 Å². The Morgan fingerprint density at radius 1 is 1.06 bits per heavy atom. The number of hydrogen-bond acceptors (Lipinski definition) is 7. The molecule has 2 amide bonds. The molecule has 0 fully saturated rings. The first kappa shape index (κ1) is 23.4. The molecule has 0 aliphatic rings. The fourth-order valence-electron chi connectivity index (χ4n) is 3.29. The Morgan fingerprint density at radius 2 is 1.81 bits per heavy atom. The summed E-state index contributed by atoms with van der Waals surface area (Å²) in [4.78, 5) is 36.3. The molecule has 0 saturated heterocycles. The number of aromatic nitrogens is 2. The number of nitrogens with zero attached hydrogens (tertiary/aromatic N) is 3. The topological polar surface area (TPSA) is 105 Å². The molecule has 2 aromatic heterocycles. The number of nitrogens with one attached hydrogen (secondary N) is 1. The number of methoxy groups -OCH3 is 1. The Balaban J connectivity index is 1.72. The third-order valence-electron chi connectivity index (χ3n) is 4.92. The van der Waals surface area contributed by atoms with Gasteiger partial charge in [-0.3, -0.25) is 14.8 Å². The standard InChI is InChI=1S/C23H26N4O4S/c1-31-20-8-6-5-7-19(20)27(23(29)10-4-2-3-9-22(28)26-30)15-18-11-12-21(32-18)17-13-24-16-25-14-17/h5-8,11-14,16,30H,2-4,9-10,15H2,1H3,(H,26,28). The predicted octanol–water partition coefficient (Wildman–Crippen LogP) is 4.20. The van der Waals surface area contributed by atoms with Crippen LogP contribution in [0.5, 0.6) is 5.75 Å². The lowest BCUT2D eigenvalue weighted by Crippen LogP contribution is -2.30. The zero-order valence-corrected chi connectivity index (χ0v) is 18.7. The van der Waals surface area contributed by atoms with Crippen molar-refractivity contribution in [3.63, 3.8) is 0 Å². The van der Waals surface area contributed by atoms with Gasteiger partial charge in [-0.2, -0.15) is 0 Å². The predicted molar refractivity (Wildman–Crippen MR) is 123 cm³/mol. The average molecular weight is 455 g/mol. The van der Waals surface area contributed by atoms with E-state index < -0.39 is 5.91 Å². The molecule has 0 unspecified atom stereocenters. The molecular formula is C23H26N4O4S. The largest absolute Gasteiger partial charge is 0.495 e. The Bertz CT molecular complexity index is 1030. The molecule has 0 aliphatic heterocycles. The number of carbonyl (C=O) groups excluding carboxylic acids is 2. The van der Waals surface area contributed by atoms with Gasteiger partial charge in [0.1, 0.15) is 12.1 Å². The van der Waals surface area contributed by atoms with E-state index in [0.29, 0.717) is 31.6 Å². The molecule has 0 bridgehead atoms. The lowest BCUT2D eigenvalue weighted by molar-refractivity contribution is -0.129. The van der Waals surface area contributed by atoms with Crippen molar-refractivity contribution in [2.45, 2.75) is 38.6 Å². The monoisotopic (exact) mass is 454 g/mol. The van der Waals surface area contributed by atoms with Gasteiger partial charge >= 0.3 is 0 Å². The molecule has 2 N–H and O–H groups in total. The van der Waals surface area contributed by atoms with Crippen LogP contribution in [0.1, 0.15) is 37.0 Å². The molecule has 0 spiro atoms. The molecule has 8 nitrogen and oxygen atoms in total. The van der Waals surface area contributed by atoms with Crippen LogP contribution in [-0.2, 0) is 16.1 Å². The third kappa shape index (κ3) is 6.35. The second-order valence-corrected chi connectivity index (χ2v) is 8.31. The van der Waals surface area contributed by atoms with Crippen molar-refractivity contribution in [3.05, 3.63) is 60.0 Å². The summed E-state index contributed by atoms with van der Waals surface area (Å²) in [5.41, 5.74) is 3.28. The molecule has 0 aliphatic carbocycles. The van der Waals surface area contributed by atoms with Crippen molar-refractivity contribution in [2.24, 2.45) is 0 Å². The van der Waals surface area contributed by atoms with Crippen molar-refractivity contribution >= 4 is 28.8 Å². The Morgan fingerprint density at radius 3 is 2.56 bits per heavy atom. The molecule has 1 aromatic carbocycles. The van der Waals surface area contributed by atoms with Gasteiger partial charge in [-0.05, 0) is 37.1 Å². The number of benzene rings is 1. The fourth-order valence-corrected chi connectivity index (χ4v) is 4.26. The first-order valence-corrected chi connectivity index (χ1v) is 11.1. The number of thiophene rings is 1. The van der Waals surface area contributed by atoms with E-state index in [1.807, 2.05) is 36.4 Å². The summed E-state index contributed by atoms with van der Waals surface area (Å²) < 4.78 is 5.50. The van der Waals surface area contributed by atoms with Gasteiger partial charge in [-0.25, -0.2) is 15.4 Å². The van der Waals surface area contributed by atoms with Crippen molar-refractivity contribution in [1.82, 2.24) is 15.4 Å². The Labute approximate surface area is 190 Å². The van der Waals surface area contributed by atoms with E-state index in [2.05, 4.69) is 9.97 Å². The first-order valence-electron chi connectivity index (χ1n) is 10.3. The summed E-state index contributed by atoms with van der Waals surface area (Å²) in [6.45, 7) is 0.421. The van der Waals surface area contributed by atoms with Crippen LogP contribution in [-0.4, -0.2) is 34.1 Å². The summed E-state index contributed by atoms with van der Waals surface area (Å²) in [5.74, 6) is 0.206. The van der Waals surface area contributed by atoms with Crippen LogP contribution in [0.3, 0.4) is 0 Å². The first-order chi connectivity index (χ1) is 15.6. The van der Waals surface area contributed by atoms with Crippen molar-refractivity contribution < 1.29 is 19.5 Å². The van der Waals surface area contributed by atoms with E-state index in [1.165, 1.54) is 6.33 Å². The highest BCUT2D eigenvalue weighted by Crippen LogP contribution is 2.33. The van der Waals surface area contributed by atoms with Gasteiger partial charge in [0, 0.05) is 40.6 Å². The van der Waals surface area contributed by atoms with Crippen LogP contribution in [0.4, 0.5) is 5.69 Å². The average Bonchev–Trinajstić information content (AvgIpc) is 3.31. The van der Waals surface area contributed by atoms with E-state index in [9.17, 15) is 9.59 Å². The van der Waals surface area contributed by atoms with E-state index in [1.54, 1.807) is 41.2 Å². The van der Waals surface area contributed by atoms with Crippen molar-refractivity contribution in [1.29, 1.82) is 0 Å². The highest BCUT2D eigenvalue weighted by atomic mass is 32.1. The van der Waals surface area contributed by atoms with Gasteiger partial charge in [0.15, 0.2) is 0 Å². The van der Waals surface area contributed by atoms with Gasteiger partial charge < -0.3 is 9.64 Å². The highest BCUT2D eigenvalue weighted by molar-refractivity contribution is 7.15. The van der Waals surface area contributed by atoms with Crippen LogP contribution in [0, 0.1) is 0 Å². The van der Waals surface area contributed by atoms with Crippen LogP contribution in [0.2, 0.25) is 0 Å². The summed E-state index contributed by atoms with van der Waals surface area (Å²) in [5, 5.41) is 8.56. The smallest absolute Gasteiger partial charge is 0.243 e. The van der Waals surface area contributed by atoms with Gasteiger partial charge in [-0.15, -0.1) is 11.3 Å². The van der Waals surface area contributed by atoms with Crippen LogP contribution >= 0.6 is 11.3 Å². The van der Waals surface area contributed by atoms with E-state index in [0.717, 1.165) is 27.4 Å². The second kappa shape index (κ2) is 11.9. The Kier molecular flexibility index (Phi) is 8.70. The minimum Gasteiger partial charge on any atom is -0.495 e. The minimum atomic E-state index is -0.413. The lowest BCUT2D eigenvalue weighted by Gasteiger charge is -2.24. The lowest BCUT2D eigenvalue weighted by atomic mass is 10.1. The normalized spacial score (nSPS) is 10.6. The van der Waals surface area contributed by atoms with Crippen molar-refractivity contribution in [2.75, 3.05) is 12.0 Å². The number of unbranched alkanes of at least 4 members (excludes halogenated alkanes) is 2. The molecule has 32 heavy (non-hydrogen) atoms. The molecule has 168 valence electrons. The summed E-state index contributed by atoms with van der Waals surface area (Å²) in [6.07, 6.45) is 7.60. The van der Waals surface area contributed by atoms with Gasteiger partial charge in [-0.1, -0.05) is 18.6 Å². The Hall–Kier alpha value is -3.30. The van der Waals surface area contributed by atoms with Crippen LogP contribution in [0.15, 0.2) is 55.1 Å². The van der Waals surface area contributed by atoms with Crippen LogP contribution < -0.4 is 15.1 Å². The maximum absolute atomic E-state index is 13.2. The third-order valence-corrected chi connectivity index (χ3v) is 6.04. The number of ether oxygens (including phenoxy) is 1. The zero-order valence-electron chi connectivity index (χ0n) is 17.9. The summed E-state index contributed by atoms with van der Waals surface area (Å²) >= 11 is 1.59. The number of amides is 2. The number of hydroxylamine groups is 1. The van der Waals surface area contributed by atoms with E-state index >= 15 is 0 Å².